The Labute approximate surface area is 157 Å². The lowest BCUT2D eigenvalue weighted by Crippen LogP contribution is -2.67. The standard InChI is InChI=1S/C21H35NO4/c1-7-19(5,6)16(23)25-21-11-14-8-15(12-21)10-20(9-14,13-21)22-17(24)26-18(2,3)4/h14-15H,7-13H2,1-6H3,(H,22,24). The zero-order chi connectivity index (χ0) is 19.4. The molecule has 0 heterocycles. The van der Waals surface area contributed by atoms with Gasteiger partial charge >= 0.3 is 12.1 Å². The van der Waals surface area contributed by atoms with E-state index >= 15 is 0 Å². The third kappa shape index (κ3) is 3.86. The first-order valence-corrected chi connectivity index (χ1v) is 10.1. The second-order valence-corrected chi connectivity index (χ2v) is 10.7. The first-order valence-electron chi connectivity index (χ1n) is 10.1. The Balaban J connectivity index is 1.76. The van der Waals surface area contributed by atoms with Gasteiger partial charge in [0.15, 0.2) is 0 Å². The molecule has 0 radical (unpaired) electrons. The van der Waals surface area contributed by atoms with Gasteiger partial charge in [0, 0.05) is 12.0 Å². The van der Waals surface area contributed by atoms with Crippen LogP contribution in [-0.2, 0) is 14.3 Å². The third-order valence-electron chi connectivity index (χ3n) is 6.52. The summed E-state index contributed by atoms with van der Waals surface area (Å²) in [5.74, 6) is 0.932. The second kappa shape index (κ2) is 6.13. The first kappa shape index (κ1) is 19.5. The molecular weight excluding hydrogens is 330 g/mol. The van der Waals surface area contributed by atoms with Gasteiger partial charge in [-0.1, -0.05) is 6.92 Å². The molecule has 4 aliphatic carbocycles. The van der Waals surface area contributed by atoms with Crippen LogP contribution < -0.4 is 5.32 Å². The van der Waals surface area contributed by atoms with Crippen molar-refractivity contribution >= 4 is 12.1 Å². The molecule has 148 valence electrons. The van der Waals surface area contributed by atoms with Crippen LogP contribution in [0.2, 0.25) is 0 Å². The minimum Gasteiger partial charge on any atom is -0.459 e. The largest absolute Gasteiger partial charge is 0.459 e. The van der Waals surface area contributed by atoms with Crippen molar-refractivity contribution in [1.29, 1.82) is 0 Å². The fraction of sp³-hybridized carbons (Fsp3) is 0.905. The van der Waals surface area contributed by atoms with Crippen molar-refractivity contribution in [1.82, 2.24) is 5.32 Å². The smallest absolute Gasteiger partial charge is 0.408 e. The highest BCUT2D eigenvalue weighted by Crippen LogP contribution is 2.59. The Morgan fingerprint density at radius 1 is 1.04 bits per heavy atom. The quantitative estimate of drug-likeness (QED) is 0.741. The molecule has 4 rings (SSSR count). The van der Waals surface area contributed by atoms with Crippen molar-refractivity contribution in [3.05, 3.63) is 0 Å². The van der Waals surface area contributed by atoms with E-state index in [2.05, 4.69) is 5.32 Å². The number of ether oxygens (including phenoxy) is 2. The van der Waals surface area contributed by atoms with Crippen LogP contribution in [-0.4, -0.2) is 28.8 Å². The highest BCUT2D eigenvalue weighted by Gasteiger charge is 2.60. The van der Waals surface area contributed by atoms with Gasteiger partial charge < -0.3 is 14.8 Å². The number of carbonyl (C=O) groups is 2. The molecule has 0 aromatic heterocycles. The monoisotopic (exact) mass is 365 g/mol. The molecule has 0 aliphatic heterocycles. The van der Waals surface area contributed by atoms with E-state index in [-0.39, 0.29) is 17.6 Å². The summed E-state index contributed by atoms with van der Waals surface area (Å²) in [7, 11) is 0. The summed E-state index contributed by atoms with van der Waals surface area (Å²) in [6, 6.07) is 0. The minimum absolute atomic E-state index is 0.102. The summed E-state index contributed by atoms with van der Waals surface area (Å²) in [5.41, 5.74) is -1.68. The molecule has 5 heteroatoms. The number of alkyl carbamates (subject to hydrolysis) is 1. The zero-order valence-electron chi connectivity index (χ0n) is 17.2. The van der Waals surface area contributed by atoms with E-state index in [0.717, 1.165) is 38.5 Å². The van der Waals surface area contributed by atoms with E-state index < -0.39 is 16.6 Å². The summed E-state index contributed by atoms with van der Waals surface area (Å²) in [6.07, 6.45) is 6.13. The van der Waals surface area contributed by atoms with Gasteiger partial charge in [-0.3, -0.25) is 4.79 Å². The zero-order valence-corrected chi connectivity index (χ0v) is 17.2. The molecular formula is C21H35NO4. The number of hydrogen-bond acceptors (Lipinski definition) is 4. The van der Waals surface area contributed by atoms with E-state index in [1.54, 1.807) is 0 Å². The Hall–Kier alpha value is -1.26. The molecule has 4 fully saturated rings. The van der Waals surface area contributed by atoms with Gasteiger partial charge in [0.1, 0.15) is 11.2 Å². The molecule has 26 heavy (non-hydrogen) atoms. The van der Waals surface area contributed by atoms with Crippen molar-refractivity contribution in [2.45, 2.75) is 103 Å². The van der Waals surface area contributed by atoms with Gasteiger partial charge in [-0.2, -0.15) is 0 Å². The third-order valence-corrected chi connectivity index (χ3v) is 6.52. The van der Waals surface area contributed by atoms with Crippen LogP contribution >= 0.6 is 0 Å². The summed E-state index contributed by atoms with van der Waals surface area (Å²) >= 11 is 0. The van der Waals surface area contributed by atoms with Gasteiger partial charge in [-0.25, -0.2) is 4.79 Å². The van der Waals surface area contributed by atoms with E-state index in [1.165, 1.54) is 6.42 Å². The number of rotatable bonds is 4. The normalized spacial score (nSPS) is 35.9. The van der Waals surface area contributed by atoms with Crippen molar-refractivity contribution in [3.8, 4) is 0 Å². The van der Waals surface area contributed by atoms with Crippen molar-refractivity contribution in [3.63, 3.8) is 0 Å². The van der Waals surface area contributed by atoms with E-state index in [1.807, 2.05) is 41.5 Å². The van der Waals surface area contributed by atoms with Crippen LogP contribution in [0.3, 0.4) is 0 Å². The van der Waals surface area contributed by atoms with Crippen molar-refractivity contribution in [2.24, 2.45) is 17.3 Å². The van der Waals surface area contributed by atoms with Crippen LogP contribution in [0.5, 0.6) is 0 Å². The molecule has 4 bridgehead atoms. The molecule has 0 saturated heterocycles. The predicted octanol–water partition coefficient (Wildman–Crippen LogP) is 4.58. The molecule has 4 aliphatic rings. The Morgan fingerprint density at radius 2 is 1.62 bits per heavy atom. The molecule has 2 atom stereocenters. The average Bonchev–Trinajstić information content (AvgIpc) is 2.42. The predicted molar refractivity (Wildman–Crippen MR) is 99.7 cm³/mol. The van der Waals surface area contributed by atoms with Crippen LogP contribution in [0.15, 0.2) is 0 Å². The minimum atomic E-state index is -0.512. The van der Waals surface area contributed by atoms with Gasteiger partial charge in [-0.05, 0) is 85.0 Å². The lowest BCUT2D eigenvalue weighted by Gasteiger charge is -2.61. The summed E-state index contributed by atoms with van der Waals surface area (Å²) in [6.45, 7) is 11.6. The molecule has 1 N–H and O–H groups in total. The highest BCUT2D eigenvalue weighted by atomic mass is 16.6. The second-order valence-electron chi connectivity index (χ2n) is 10.7. The average molecular weight is 366 g/mol. The van der Waals surface area contributed by atoms with Crippen LogP contribution in [0, 0.1) is 17.3 Å². The number of carbonyl (C=O) groups excluding carboxylic acids is 2. The van der Waals surface area contributed by atoms with E-state index in [4.69, 9.17) is 9.47 Å². The lowest BCUT2D eigenvalue weighted by molar-refractivity contribution is -0.200. The summed E-state index contributed by atoms with van der Waals surface area (Å²) < 4.78 is 11.7. The fourth-order valence-electron chi connectivity index (χ4n) is 5.44. The summed E-state index contributed by atoms with van der Waals surface area (Å²) in [4.78, 5) is 25.2. The van der Waals surface area contributed by atoms with Crippen LogP contribution in [0.25, 0.3) is 0 Å². The maximum Gasteiger partial charge on any atom is 0.408 e. The van der Waals surface area contributed by atoms with E-state index in [0.29, 0.717) is 11.8 Å². The Morgan fingerprint density at radius 3 is 2.12 bits per heavy atom. The molecule has 0 spiro atoms. The van der Waals surface area contributed by atoms with Gasteiger partial charge in [-0.15, -0.1) is 0 Å². The molecule has 5 nitrogen and oxygen atoms in total. The number of amides is 1. The topological polar surface area (TPSA) is 64.6 Å². The molecule has 1 amide bonds. The number of nitrogens with one attached hydrogen (secondary N) is 1. The van der Waals surface area contributed by atoms with Gasteiger partial charge in [0.2, 0.25) is 0 Å². The van der Waals surface area contributed by atoms with Crippen molar-refractivity contribution < 1.29 is 19.1 Å². The van der Waals surface area contributed by atoms with Gasteiger partial charge in [0.25, 0.3) is 0 Å². The summed E-state index contributed by atoms with van der Waals surface area (Å²) in [5, 5.41) is 3.18. The SMILES string of the molecule is CCC(C)(C)C(=O)OC12CC3CC(CC(NC(=O)OC(C)(C)C)(C3)C1)C2. The number of esters is 1. The first-order chi connectivity index (χ1) is 11.9. The Bertz CT molecular complexity index is 575. The maximum absolute atomic E-state index is 12.8. The van der Waals surface area contributed by atoms with Crippen LogP contribution in [0.1, 0.15) is 86.5 Å². The molecule has 0 aromatic rings. The molecule has 0 aromatic carbocycles. The maximum atomic E-state index is 12.8. The Kier molecular flexibility index (Phi) is 4.60. The van der Waals surface area contributed by atoms with E-state index in [9.17, 15) is 9.59 Å². The number of hydrogen-bond donors (Lipinski definition) is 1. The lowest BCUT2D eigenvalue weighted by atomic mass is 9.51. The van der Waals surface area contributed by atoms with Crippen LogP contribution in [0.4, 0.5) is 4.79 Å². The van der Waals surface area contributed by atoms with Crippen molar-refractivity contribution in [2.75, 3.05) is 0 Å². The van der Waals surface area contributed by atoms with Gasteiger partial charge in [0.05, 0.1) is 5.41 Å². The highest BCUT2D eigenvalue weighted by molar-refractivity contribution is 5.76. The molecule has 2 unspecified atom stereocenters. The molecule has 4 saturated carbocycles. The fourth-order valence-corrected chi connectivity index (χ4v) is 5.44.